The first-order valence-electron chi connectivity index (χ1n) is 18.9. The molecule has 0 aliphatic heterocycles. The van der Waals surface area contributed by atoms with Gasteiger partial charge in [-0.3, -0.25) is 0 Å². The number of rotatable bonds is 7. The van der Waals surface area contributed by atoms with Crippen molar-refractivity contribution in [3.63, 3.8) is 0 Å². The maximum atomic E-state index is 2.35. The van der Waals surface area contributed by atoms with Gasteiger partial charge < -0.3 is 4.90 Å². The Morgan fingerprint density at radius 3 is 1.00 bits per heavy atom. The van der Waals surface area contributed by atoms with Gasteiger partial charge in [-0.05, 0) is 119 Å². The predicted molar refractivity (Wildman–Crippen MR) is 235 cm³/mol. The average molecular weight is 700 g/mol. The van der Waals surface area contributed by atoms with Crippen molar-refractivity contribution in [1.29, 1.82) is 0 Å². The van der Waals surface area contributed by atoms with Gasteiger partial charge >= 0.3 is 0 Å². The minimum Gasteiger partial charge on any atom is -0.311 e. The molecule has 0 unspecified atom stereocenters. The summed E-state index contributed by atoms with van der Waals surface area (Å²) in [7, 11) is 0. The Morgan fingerprint density at radius 2 is 0.545 bits per heavy atom. The van der Waals surface area contributed by atoms with Crippen molar-refractivity contribution < 1.29 is 0 Å². The highest BCUT2D eigenvalue weighted by Crippen LogP contribution is 2.45. The number of anilines is 3. The van der Waals surface area contributed by atoms with Crippen LogP contribution in [0.25, 0.3) is 76.8 Å². The molecular formula is C54H37N. The molecule has 0 aliphatic rings. The van der Waals surface area contributed by atoms with Crippen molar-refractivity contribution in [1.82, 2.24) is 0 Å². The molecular weight excluding hydrogens is 663 g/mol. The first-order valence-corrected chi connectivity index (χ1v) is 18.9. The van der Waals surface area contributed by atoms with Crippen LogP contribution in [-0.4, -0.2) is 0 Å². The Hall–Kier alpha value is -7.22. The van der Waals surface area contributed by atoms with Crippen molar-refractivity contribution in [3.8, 4) is 44.5 Å². The fourth-order valence-corrected chi connectivity index (χ4v) is 8.19. The SMILES string of the molecule is c1ccc(-c2ccc(N(c3ccc(-c4ccccc4)cc3)c3ccc(-c4c5ccccc5c(-c5ccc6ccccc6c5)c5ccccc45)cc3)cc2)cc1. The summed E-state index contributed by atoms with van der Waals surface area (Å²) in [5.41, 5.74) is 13.1. The molecule has 10 rings (SSSR count). The molecule has 0 aliphatic carbocycles. The van der Waals surface area contributed by atoms with Gasteiger partial charge in [-0.2, -0.15) is 0 Å². The van der Waals surface area contributed by atoms with Gasteiger partial charge in [0.2, 0.25) is 0 Å². The van der Waals surface area contributed by atoms with Gasteiger partial charge in [-0.25, -0.2) is 0 Å². The Kier molecular flexibility index (Phi) is 8.24. The van der Waals surface area contributed by atoms with Crippen LogP contribution in [0.5, 0.6) is 0 Å². The average Bonchev–Trinajstić information content (AvgIpc) is 3.27. The third-order valence-corrected chi connectivity index (χ3v) is 10.8. The van der Waals surface area contributed by atoms with Crippen molar-refractivity contribution in [2.24, 2.45) is 0 Å². The largest absolute Gasteiger partial charge is 0.311 e. The highest BCUT2D eigenvalue weighted by molar-refractivity contribution is 6.21. The van der Waals surface area contributed by atoms with Crippen LogP contribution in [0, 0.1) is 0 Å². The van der Waals surface area contributed by atoms with Crippen LogP contribution < -0.4 is 4.90 Å². The molecule has 1 nitrogen and oxygen atoms in total. The number of hydrogen-bond donors (Lipinski definition) is 0. The highest BCUT2D eigenvalue weighted by Gasteiger charge is 2.18. The molecule has 0 radical (unpaired) electrons. The minimum absolute atomic E-state index is 1.10. The minimum atomic E-state index is 1.10. The summed E-state index contributed by atoms with van der Waals surface area (Å²) in [6.45, 7) is 0. The molecule has 55 heavy (non-hydrogen) atoms. The smallest absolute Gasteiger partial charge is 0.0462 e. The van der Waals surface area contributed by atoms with E-state index in [1.54, 1.807) is 0 Å². The van der Waals surface area contributed by atoms with Crippen molar-refractivity contribution in [2.45, 2.75) is 0 Å². The molecule has 0 spiro atoms. The molecule has 0 fully saturated rings. The summed E-state index contributed by atoms with van der Waals surface area (Å²) in [6.07, 6.45) is 0. The Bertz CT molecular complexity index is 2790. The van der Waals surface area contributed by atoms with E-state index in [2.05, 4.69) is 229 Å². The van der Waals surface area contributed by atoms with Crippen molar-refractivity contribution in [3.05, 3.63) is 224 Å². The molecule has 0 amide bonds. The van der Waals surface area contributed by atoms with Crippen LogP contribution in [0.15, 0.2) is 224 Å². The number of nitrogens with zero attached hydrogens (tertiary/aromatic N) is 1. The summed E-state index contributed by atoms with van der Waals surface area (Å²) in [6, 6.07) is 81.3. The summed E-state index contributed by atoms with van der Waals surface area (Å²) >= 11 is 0. The number of benzene rings is 10. The molecule has 1 heteroatoms. The molecule has 0 N–H and O–H groups in total. The molecule has 10 aromatic rings. The maximum absolute atomic E-state index is 2.35. The van der Waals surface area contributed by atoms with E-state index >= 15 is 0 Å². The number of fused-ring (bicyclic) bond motifs is 3. The lowest BCUT2D eigenvalue weighted by Crippen LogP contribution is -2.09. The number of hydrogen-bond acceptors (Lipinski definition) is 1. The summed E-state index contributed by atoms with van der Waals surface area (Å²) < 4.78 is 0. The molecule has 0 saturated carbocycles. The Balaban J connectivity index is 1.10. The highest BCUT2D eigenvalue weighted by atomic mass is 15.1. The lowest BCUT2D eigenvalue weighted by molar-refractivity contribution is 1.28. The third kappa shape index (κ3) is 6.02. The van der Waals surface area contributed by atoms with Crippen LogP contribution in [-0.2, 0) is 0 Å². The standard InChI is InChI=1S/C54H37N/c1-3-13-38(14-4-1)41-25-31-46(32-26-41)55(47-33-27-42(28-34-47)39-15-5-2-6-16-39)48-35-29-43(30-36-48)53-49-19-9-11-21-51(49)54(52-22-12-10-20-50(52)53)45-24-23-40-17-7-8-18-44(40)37-45/h1-37H. The Morgan fingerprint density at radius 1 is 0.218 bits per heavy atom. The van der Waals surface area contributed by atoms with E-state index < -0.39 is 0 Å². The first-order chi connectivity index (χ1) is 27.3. The van der Waals surface area contributed by atoms with Gasteiger partial charge in [0.15, 0.2) is 0 Å². The summed E-state index contributed by atoms with van der Waals surface area (Å²) in [4.78, 5) is 2.35. The van der Waals surface area contributed by atoms with Crippen LogP contribution in [0.1, 0.15) is 0 Å². The van der Waals surface area contributed by atoms with E-state index in [4.69, 9.17) is 0 Å². The van der Waals surface area contributed by atoms with Crippen molar-refractivity contribution in [2.75, 3.05) is 4.90 Å². The van der Waals surface area contributed by atoms with E-state index in [1.807, 2.05) is 0 Å². The van der Waals surface area contributed by atoms with E-state index in [9.17, 15) is 0 Å². The maximum Gasteiger partial charge on any atom is 0.0462 e. The molecule has 0 atom stereocenters. The van der Waals surface area contributed by atoms with E-state index in [0.717, 1.165) is 17.1 Å². The lowest BCUT2D eigenvalue weighted by atomic mass is 9.85. The van der Waals surface area contributed by atoms with Gasteiger partial charge in [0, 0.05) is 17.1 Å². The molecule has 10 aromatic carbocycles. The monoisotopic (exact) mass is 699 g/mol. The summed E-state index contributed by atoms with van der Waals surface area (Å²) in [5, 5.41) is 7.53. The van der Waals surface area contributed by atoms with E-state index in [-0.39, 0.29) is 0 Å². The second-order valence-electron chi connectivity index (χ2n) is 14.1. The van der Waals surface area contributed by atoms with Gasteiger partial charge in [0.1, 0.15) is 0 Å². The fourth-order valence-electron chi connectivity index (χ4n) is 8.19. The normalized spacial score (nSPS) is 11.3. The second-order valence-corrected chi connectivity index (χ2v) is 14.1. The molecule has 0 saturated heterocycles. The zero-order valence-corrected chi connectivity index (χ0v) is 30.3. The third-order valence-electron chi connectivity index (χ3n) is 10.8. The summed E-state index contributed by atoms with van der Waals surface area (Å²) in [5.74, 6) is 0. The van der Waals surface area contributed by atoms with E-state index in [0.29, 0.717) is 0 Å². The van der Waals surface area contributed by atoms with Gasteiger partial charge in [0.05, 0.1) is 0 Å². The van der Waals surface area contributed by atoms with Crippen LogP contribution in [0.4, 0.5) is 17.1 Å². The van der Waals surface area contributed by atoms with Crippen molar-refractivity contribution >= 4 is 49.4 Å². The molecule has 0 aromatic heterocycles. The van der Waals surface area contributed by atoms with Crippen LogP contribution in [0.2, 0.25) is 0 Å². The zero-order valence-electron chi connectivity index (χ0n) is 30.3. The first kappa shape index (κ1) is 32.4. The zero-order chi connectivity index (χ0) is 36.6. The molecule has 258 valence electrons. The topological polar surface area (TPSA) is 3.24 Å². The Labute approximate surface area is 322 Å². The quantitative estimate of drug-likeness (QED) is 0.150. The van der Waals surface area contributed by atoms with Gasteiger partial charge in [-0.15, -0.1) is 0 Å². The second kappa shape index (κ2) is 14.0. The molecule has 0 heterocycles. The van der Waals surface area contributed by atoms with Gasteiger partial charge in [-0.1, -0.05) is 182 Å². The molecule has 0 bridgehead atoms. The van der Waals surface area contributed by atoms with Crippen LogP contribution in [0.3, 0.4) is 0 Å². The predicted octanol–water partition coefficient (Wildman–Crippen LogP) is 15.3. The van der Waals surface area contributed by atoms with Crippen LogP contribution >= 0.6 is 0 Å². The lowest BCUT2D eigenvalue weighted by Gasteiger charge is -2.26. The van der Waals surface area contributed by atoms with Gasteiger partial charge in [0.25, 0.3) is 0 Å². The fraction of sp³-hybridized carbons (Fsp3) is 0. The van der Waals surface area contributed by atoms with E-state index in [1.165, 1.54) is 76.8 Å².